The highest BCUT2D eigenvalue weighted by atomic mass is 35.5. The van der Waals surface area contributed by atoms with Gasteiger partial charge in [-0.25, -0.2) is 4.99 Å². The van der Waals surface area contributed by atoms with Gasteiger partial charge in [-0.15, -0.1) is 11.3 Å². The number of carbonyl (C=O) groups is 1. The topological polar surface area (TPSA) is 56.7 Å². The fourth-order valence-corrected chi connectivity index (χ4v) is 3.17. The van der Waals surface area contributed by atoms with Crippen LogP contribution in [0.4, 0.5) is 0 Å². The van der Waals surface area contributed by atoms with Gasteiger partial charge in [-0.05, 0) is 42.5 Å². The number of aliphatic imine (C=N–C) groups is 1. The van der Waals surface area contributed by atoms with E-state index in [1.807, 2.05) is 37.3 Å². The average Bonchev–Trinajstić information content (AvgIpc) is 3.12. The second kappa shape index (κ2) is 10.2. The highest BCUT2D eigenvalue weighted by Gasteiger charge is 2.10. The first-order chi connectivity index (χ1) is 12.5. The monoisotopic (exact) mass is 392 g/mol. The van der Waals surface area contributed by atoms with E-state index in [1.165, 1.54) is 9.78 Å². The number of hydrogen-bond donors (Lipinski definition) is 2. The molecule has 2 rings (SSSR count). The second-order valence-electron chi connectivity index (χ2n) is 6.13. The van der Waals surface area contributed by atoms with Crippen molar-refractivity contribution in [2.75, 3.05) is 27.2 Å². The van der Waals surface area contributed by atoms with E-state index in [9.17, 15) is 4.79 Å². The van der Waals surface area contributed by atoms with Crippen molar-refractivity contribution in [3.63, 3.8) is 0 Å². The van der Waals surface area contributed by atoms with Gasteiger partial charge in [-0.2, -0.15) is 0 Å². The predicted octanol–water partition coefficient (Wildman–Crippen LogP) is 3.33. The van der Waals surface area contributed by atoms with Gasteiger partial charge in [0.2, 0.25) is 5.91 Å². The van der Waals surface area contributed by atoms with E-state index in [-0.39, 0.29) is 18.5 Å². The molecular formula is C19H25ClN4OS. The zero-order valence-electron chi connectivity index (χ0n) is 15.3. The fraction of sp³-hybridized carbons (Fsp3) is 0.368. The van der Waals surface area contributed by atoms with Gasteiger partial charge in [0.25, 0.3) is 0 Å². The van der Waals surface area contributed by atoms with Crippen LogP contribution >= 0.6 is 22.9 Å². The maximum absolute atomic E-state index is 11.9. The van der Waals surface area contributed by atoms with Crippen molar-refractivity contribution in [3.05, 3.63) is 57.2 Å². The molecule has 0 aliphatic heterocycles. The Balaban J connectivity index is 2.00. The zero-order chi connectivity index (χ0) is 18.9. The molecule has 1 unspecified atom stereocenters. The van der Waals surface area contributed by atoms with E-state index < -0.39 is 0 Å². The maximum Gasteiger partial charge on any atom is 0.243 e. The van der Waals surface area contributed by atoms with E-state index in [2.05, 4.69) is 27.1 Å². The molecule has 0 aliphatic rings. The average molecular weight is 393 g/mol. The molecule has 0 saturated heterocycles. The lowest BCUT2D eigenvalue weighted by Crippen LogP contribution is -2.40. The summed E-state index contributed by atoms with van der Waals surface area (Å²) in [5.41, 5.74) is 1.06. The molecule has 1 aromatic heterocycles. The maximum atomic E-state index is 11.9. The normalized spacial score (nSPS) is 12.5. The van der Waals surface area contributed by atoms with E-state index >= 15 is 0 Å². The molecule has 0 fully saturated rings. The Labute approximate surface area is 164 Å². The number of rotatable bonds is 7. The van der Waals surface area contributed by atoms with Crippen LogP contribution in [0.3, 0.4) is 0 Å². The van der Waals surface area contributed by atoms with Gasteiger partial charge >= 0.3 is 0 Å². The molecule has 0 bridgehead atoms. The third kappa shape index (κ3) is 6.69. The van der Waals surface area contributed by atoms with E-state index in [4.69, 9.17) is 11.6 Å². The Bertz CT molecular complexity index is 731. The van der Waals surface area contributed by atoms with Crippen LogP contribution in [0.15, 0.2) is 46.8 Å². The standard InChI is InChI=1S/C19H25ClN4OS/c1-14(15-6-4-7-16(20)12-15)23-19(22-13-18(25)24(2)3)21-10-9-17-8-5-11-26-17/h4-8,11-12,14H,9-10,13H2,1-3H3,(H2,21,22,23). The van der Waals surface area contributed by atoms with Crippen LogP contribution in [0.2, 0.25) is 5.02 Å². The molecule has 1 aromatic carbocycles. The largest absolute Gasteiger partial charge is 0.356 e. The van der Waals surface area contributed by atoms with Crippen LogP contribution < -0.4 is 10.6 Å². The van der Waals surface area contributed by atoms with Gasteiger partial charge in [-0.1, -0.05) is 29.8 Å². The lowest BCUT2D eigenvalue weighted by atomic mass is 10.1. The van der Waals surface area contributed by atoms with Gasteiger partial charge in [-0.3, -0.25) is 4.79 Å². The number of nitrogens with one attached hydrogen (secondary N) is 2. The molecule has 1 amide bonds. The number of thiophene rings is 1. The molecule has 2 aromatic rings. The minimum atomic E-state index is -0.0419. The van der Waals surface area contributed by atoms with Gasteiger partial charge in [0.1, 0.15) is 6.54 Å². The Morgan fingerprint density at radius 2 is 2.12 bits per heavy atom. The number of halogens is 1. The Morgan fingerprint density at radius 3 is 2.77 bits per heavy atom. The third-order valence-electron chi connectivity index (χ3n) is 3.82. The van der Waals surface area contributed by atoms with Crippen LogP contribution in [0.25, 0.3) is 0 Å². The van der Waals surface area contributed by atoms with Crippen molar-refractivity contribution in [1.29, 1.82) is 0 Å². The van der Waals surface area contributed by atoms with Crippen LogP contribution in [0, 0.1) is 0 Å². The molecule has 26 heavy (non-hydrogen) atoms. The number of likely N-dealkylation sites (N-methyl/N-ethyl adjacent to an activating group) is 1. The zero-order valence-corrected chi connectivity index (χ0v) is 16.9. The molecule has 1 atom stereocenters. The number of hydrogen-bond acceptors (Lipinski definition) is 3. The molecular weight excluding hydrogens is 368 g/mol. The van der Waals surface area contributed by atoms with Gasteiger partial charge in [0.05, 0.1) is 6.04 Å². The molecule has 2 N–H and O–H groups in total. The first kappa shape index (κ1) is 20.3. The molecule has 140 valence electrons. The summed E-state index contributed by atoms with van der Waals surface area (Å²) in [7, 11) is 3.45. The van der Waals surface area contributed by atoms with Crippen molar-refractivity contribution in [1.82, 2.24) is 15.5 Å². The van der Waals surface area contributed by atoms with E-state index in [0.717, 1.165) is 18.5 Å². The highest BCUT2D eigenvalue weighted by molar-refractivity contribution is 7.09. The van der Waals surface area contributed by atoms with Gasteiger partial charge < -0.3 is 15.5 Å². The van der Waals surface area contributed by atoms with Crippen LogP contribution in [-0.2, 0) is 11.2 Å². The molecule has 5 nitrogen and oxygen atoms in total. The summed E-state index contributed by atoms with van der Waals surface area (Å²) in [4.78, 5) is 19.1. The summed E-state index contributed by atoms with van der Waals surface area (Å²) in [5.74, 6) is 0.573. The molecule has 1 heterocycles. The minimum Gasteiger partial charge on any atom is -0.356 e. The fourth-order valence-electron chi connectivity index (χ4n) is 2.26. The number of carbonyl (C=O) groups excluding carboxylic acids is 1. The predicted molar refractivity (Wildman–Crippen MR) is 110 cm³/mol. The van der Waals surface area contributed by atoms with Gasteiger partial charge in [0.15, 0.2) is 5.96 Å². The van der Waals surface area contributed by atoms with Crippen molar-refractivity contribution in [3.8, 4) is 0 Å². The van der Waals surface area contributed by atoms with Crippen molar-refractivity contribution in [2.24, 2.45) is 4.99 Å². The first-order valence-electron chi connectivity index (χ1n) is 8.48. The molecule has 0 spiro atoms. The molecule has 0 aliphatic carbocycles. The van der Waals surface area contributed by atoms with Crippen molar-refractivity contribution >= 4 is 34.8 Å². The van der Waals surface area contributed by atoms with Gasteiger partial charge in [0, 0.05) is 30.5 Å². The van der Waals surface area contributed by atoms with Crippen molar-refractivity contribution < 1.29 is 4.79 Å². The van der Waals surface area contributed by atoms with Crippen LogP contribution in [0.5, 0.6) is 0 Å². The van der Waals surface area contributed by atoms with Crippen LogP contribution in [-0.4, -0.2) is 44.0 Å². The lowest BCUT2D eigenvalue weighted by Gasteiger charge is -2.19. The SMILES string of the molecule is CC(NC(=NCC(=O)N(C)C)NCCc1cccs1)c1cccc(Cl)c1. The lowest BCUT2D eigenvalue weighted by molar-refractivity contribution is -0.127. The quantitative estimate of drug-likeness (QED) is 0.561. The number of amides is 1. The smallest absolute Gasteiger partial charge is 0.243 e. The first-order valence-corrected chi connectivity index (χ1v) is 9.74. The van der Waals surface area contributed by atoms with E-state index in [0.29, 0.717) is 11.0 Å². The molecule has 0 radical (unpaired) electrons. The minimum absolute atomic E-state index is 0.0103. The van der Waals surface area contributed by atoms with E-state index in [1.54, 1.807) is 25.4 Å². The summed E-state index contributed by atoms with van der Waals surface area (Å²) >= 11 is 7.81. The summed E-state index contributed by atoms with van der Waals surface area (Å²) in [6.45, 7) is 2.88. The Kier molecular flexibility index (Phi) is 7.94. The molecule has 7 heteroatoms. The second-order valence-corrected chi connectivity index (χ2v) is 7.60. The van der Waals surface area contributed by atoms with Crippen LogP contribution in [0.1, 0.15) is 23.4 Å². The summed E-state index contributed by atoms with van der Waals surface area (Å²) < 4.78 is 0. The number of benzene rings is 1. The number of nitrogens with zero attached hydrogens (tertiary/aromatic N) is 2. The third-order valence-corrected chi connectivity index (χ3v) is 4.99. The van der Waals surface area contributed by atoms with Crippen molar-refractivity contribution in [2.45, 2.75) is 19.4 Å². The summed E-state index contributed by atoms with van der Waals surface area (Å²) in [5, 5.41) is 9.42. The number of guanidine groups is 1. The summed E-state index contributed by atoms with van der Waals surface area (Å²) in [6.07, 6.45) is 0.908. The molecule has 0 saturated carbocycles. The Morgan fingerprint density at radius 1 is 1.31 bits per heavy atom. The Hall–Kier alpha value is -2.05. The summed E-state index contributed by atoms with van der Waals surface area (Å²) in [6, 6.07) is 11.9. The highest BCUT2D eigenvalue weighted by Crippen LogP contribution is 2.17.